The van der Waals surface area contributed by atoms with Gasteiger partial charge in [0.2, 0.25) is 5.91 Å². The van der Waals surface area contributed by atoms with Crippen molar-refractivity contribution in [3.05, 3.63) is 64.2 Å². The third kappa shape index (κ3) is 3.08. The van der Waals surface area contributed by atoms with Crippen molar-refractivity contribution in [3.8, 4) is 0 Å². The molecular weight excluding hydrogens is 359 g/mol. The molecule has 0 saturated carbocycles. The van der Waals surface area contributed by atoms with Crippen molar-refractivity contribution < 1.29 is 9.18 Å². The molecule has 1 amide bonds. The minimum absolute atomic E-state index is 0.0256. The zero-order valence-electron chi connectivity index (χ0n) is 16.5. The highest BCUT2D eigenvalue weighted by molar-refractivity contribution is 5.81. The molecule has 0 saturated heterocycles. The smallest absolute Gasteiger partial charge is 0.246 e. The summed E-state index contributed by atoms with van der Waals surface area (Å²) in [6.45, 7) is 9.07. The standard InChI is InChI=1S/C20H23FN6O/c1-12-13(2)24-26(14(12)3)11-19-23-22-18-10-25(20(28)15(4)27(18)19)9-16-6-5-7-17(21)8-16/h5-8,15H,9-11H2,1-4H3/t15-/m0/s1. The second kappa shape index (κ2) is 6.85. The van der Waals surface area contributed by atoms with E-state index in [1.165, 1.54) is 12.1 Å². The maximum absolute atomic E-state index is 13.5. The molecule has 0 spiro atoms. The maximum Gasteiger partial charge on any atom is 0.246 e. The van der Waals surface area contributed by atoms with Gasteiger partial charge < -0.3 is 4.90 Å². The summed E-state index contributed by atoms with van der Waals surface area (Å²) in [5.74, 6) is 1.12. The molecule has 0 fully saturated rings. The second-order valence-electron chi connectivity index (χ2n) is 7.36. The summed E-state index contributed by atoms with van der Waals surface area (Å²) in [5, 5.41) is 13.2. The Morgan fingerprint density at radius 2 is 1.96 bits per heavy atom. The molecule has 0 unspecified atom stereocenters. The van der Waals surface area contributed by atoms with Crippen LogP contribution in [-0.4, -0.2) is 35.4 Å². The van der Waals surface area contributed by atoms with E-state index >= 15 is 0 Å². The molecule has 28 heavy (non-hydrogen) atoms. The molecule has 1 aromatic carbocycles. The molecule has 0 aliphatic carbocycles. The van der Waals surface area contributed by atoms with Crippen LogP contribution in [0.5, 0.6) is 0 Å². The first-order chi connectivity index (χ1) is 13.3. The largest absolute Gasteiger partial charge is 0.329 e. The fourth-order valence-electron chi connectivity index (χ4n) is 3.71. The number of fused-ring (bicyclic) bond motifs is 1. The predicted octanol–water partition coefficient (Wildman–Crippen LogP) is 2.69. The van der Waals surface area contributed by atoms with Gasteiger partial charge in [-0.2, -0.15) is 5.10 Å². The first kappa shape index (κ1) is 18.3. The first-order valence-corrected chi connectivity index (χ1v) is 9.31. The van der Waals surface area contributed by atoms with Gasteiger partial charge in [-0.15, -0.1) is 10.2 Å². The van der Waals surface area contributed by atoms with Crippen LogP contribution in [0.15, 0.2) is 24.3 Å². The normalized spacial score (nSPS) is 16.5. The maximum atomic E-state index is 13.5. The van der Waals surface area contributed by atoms with Gasteiger partial charge in [-0.1, -0.05) is 12.1 Å². The van der Waals surface area contributed by atoms with Crippen molar-refractivity contribution >= 4 is 5.91 Å². The van der Waals surface area contributed by atoms with Crippen LogP contribution in [-0.2, 0) is 24.4 Å². The van der Waals surface area contributed by atoms with Gasteiger partial charge in [-0.25, -0.2) is 4.39 Å². The summed E-state index contributed by atoms with van der Waals surface area (Å²) >= 11 is 0. The third-order valence-electron chi connectivity index (χ3n) is 5.52. The zero-order valence-corrected chi connectivity index (χ0v) is 16.5. The molecule has 4 rings (SSSR count). The number of benzene rings is 1. The predicted molar refractivity (Wildman–Crippen MR) is 101 cm³/mol. The molecule has 3 aromatic rings. The quantitative estimate of drug-likeness (QED) is 0.696. The lowest BCUT2D eigenvalue weighted by Crippen LogP contribution is -2.41. The van der Waals surface area contributed by atoms with Crippen molar-refractivity contribution in [2.45, 2.75) is 53.4 Å². The van der Waals surface area contributed by atoms with Crippen molar-refractivity contribution in [2.75, 3.05) is 0 Å². The van der Waals surface area contributed by atoms with Crippen LogP contribution in [0.3, 0.4) is 0 Å². The molecule has 146 valence electrons. The van der Waals surface area contributed by atoms with Crippen LogP contribution < -0.4 is 0 Å². The van der Waals surface area contributed by atoms with E-state index in [1.807, 2.05) is 43.0 Å². The Morgan fingerprint density at radius 3 is 2.64 bits per heavy atom. The monoisotopic (exact) mass is 382 g/mol. The molecule has 7 nitrogen and oxygen atoms in total. The van der Waals surface area contributed by atoms with E-state index in [1.54, 1.807) is 11.0 Å². The summed E-state index contributed by atoms with van der Waals surface area (Å²) < 4.78 is 17.3. The van der Waals surface area contributed by atoms with E-state index < -0.39 is 6.04 Å². The van der Waals surface area contributed by atoms with Gasteiger partial charge in [-0.05, 0) is 51.0 Å². The Labute approximate surface area is 162 Å². The summed E-state index contributed by atoms with van der Waals surface area (Å²) in [6.07, 6.45) is 0. The Bertz CT molecular complexity index is 1050. The highest BCUT2D eigenvalue weighted by Gasteiger charge is 2.33. The van der Waals surface area contributed by atoms with Crippen LogP contribution in [0.1, 0.15) is 47.1 Å². The molecule has 2 aromatic heterocycles. The number of nitrogens with zero attached hydrogens (tertiary/aromatic N) is 6. The lowest BCUT2D eigenvalue weighted by molar-refractivity contribution is -0.137. The van der Waals surface area contributed by atoms with Gasteiger partial charge in [0.25, 0.3) is 0 Å². The molecule has 0 N–H and O–H groups in total. The summed E-state index contributed by atoms with van der Waals surface area (Å²) in [5.41, 5.74) is 3.98. The Hall–Kier alpha value is -3.03. The molecule has 1 atom stereocenters. The lowest BCUT2D eigenvalue weighted by Gasteiger charge is -2.32. The third-order valence-corrected chi connectivity index (χ3v) is 5.52. The van der Waals surface area contributed by atoms with Crippen LogP contribution in [0, 0.1) is 26.6 Å². The zero-order chi connectivity index (χ0) is 20.0. The van der Waals surface area contributed by atoms with Gasteiger partial charge in [0, 0.05) is 12.2 Å². The van der Waals surface area contributed by atoms with Gasteiger partial charge >= 0.3 is 0 Å². The second-order valence-corrected chi connectivity index (χ2v) is 7.36. The Kier molecular flexibility index (Phi) is 4.49. The molecule has 8 heteroatoms. The Balaban J connectivity index is 1.60. The number of carbonyl (C=O) groups excluding carboxylic acids is 1. The van der Waals surface area contributed by atoms with Crippen molar-refractivity contribution in [2.24, 2.45) is 0 Å². The molecule has 1 aliphatic rings. The SMILES string of the molecule is Cc1nn(Cc2nnc3n2[C@@H](C)C(=O)N(Cc2cccc(F)c2)C3)c(C)c1C. The number of rotatable bonds is 4. The van der Waals surface area contributed by atoms with E-state index in [9.17, 15) is 9.18 Å². The average Bonchev–Trinajstić information content (AvgIpc) is 3.16. The molecule has 0 bridgehead atoms. The van der Waals surface area contributed by atoms with Crippen LogP contribution >= 0.6 is 0 Å². The topological polar surface area (TPSA) is 68.8 Å². The molecule has 1 aliphatic heterocycles. The highest BCUT2D eigenvalue weighted by atomic mass is 19.1. The molecular formula is C20H23FN6O. The number of amides is 1. The van der Waals surface area contributed by atoms with E-state index in [0.717, 1.165) is 28.3 Å². The first-order valence-electron chi connectivity index (χ1n) is 9.31. The van der Waals surface area contributed by atoms with Crippen LogP contribution in [0.2, 0.25) is 0 Å². The number of hydrogen-bond donors (Lipinski definition) is 0. The average molecular weight is 382 g/mol. The summed E-state index contributed by atoms with van der Waals surface area (Å²) in [4.78, 5) is 14.6. The van der Waals surface area contributed by atoms with Crippen molar-refractivity contribution in [1.29, 1.82) is 0 Å². The summed E-state index contributed by atoms with van der Waals surface area (Å²) in [7, 11) is 0. The minimum atomic E-state index is -0.416. The van der Waals surface area contributed by atoms with E-state index in [-0.39, 0.29) is 11.7 Å². The fourth-order valence-corrected chi connectivity index (χ4v) is 3.71. The van der Waals surface area contributed by atoms with E-state index in [4.69, 9.17) is 0 Å². The molecule has 0 radical (unpaired) electrons. The van der Waals surface area contributed by atoms with Gasteiger partial charge in [0.1, 0.15) is 18.4 Å². The number of aryl methyl sites for hydroxylation is 1. The lowest BCUT2D eigenvalue weighted by atomic mass is 10.1. The summed E-state index contributed by atoms with van der Waals surface area (Å²) in [6, 6.07) is 5.90. The van der Waals surface area contributed by atoms with Crippen LogP contribution in [0.25, 0.3) is 0 Å². The van der Waals surface area contributed by atoms with E-state index in [2.05, 4.69) is 15.3 Å². The molecule has 3 heterocycles. The van der Waals surface area contributed by atoms with Gasteiger partial charge in [-0.3, -0.25) is 14.0 Å². The fraction of sp³-hybridized carbons (Fsp3) is 0.400. The number of halogens is 1. The minimum Gasteiger partial charge on any atom is -0.329 e. The van der Waals surface area contributed by atoms with Gasteiger partial charge in [0.05, 0.1) is 12.2 Å². The Morgan fingerprint density at radius 1 is 1.18 bits per heavy atom. The van der Waals surface area contributed by atoms with Crippen molar-refractivity contribution in [1.82, 2.24) is 29.4 Å². The van der Waals surface area contributed by atoms with E-state index in [0.29, 0.717) is 25.5 Å². The highest BCUT2D eigenvalue weighted by Crippen LogP contribution is 2.25. The van der Waals surface area contributed by atoms with Crippen molar-refractivity contribution in [3.63, 3.8) is 0 Å². The number of carbonyl (C=O) groups is 1. The van der Waals surface area contributed by atoms with Crippen LogP contribution in [0.4, 0.5) is 4.39 Å². The number of hydrogen-bond acceptors (Lipinski definition) is 4. The van der Waals surface area contributed by atoms with Gasteiger partial charge in [0.15, 0.2) is 11.6 Å². The number of aromatic nitrogens is 5.